The summed E-state index contributed by atoms with van der Waals surface area (Å²) in [6.07, 6.45) is 9.41. The summed E-state index contributed by atoms with van der Waals surface area (Å²) in [6.45, 7) is 10.4. The number of ether oxygens (including phenoxy) is 2. The minimum atomic E-state index is -0.998. The fourth-order valence-corrected chi connectivity index (χ4v) is 6.23. The fourth-order valence-electron chi connectivity index (χ4n) is 5.39. The number of aromatic carboxylic acids is 1. The molecule has 0 radical (unpaired) electrons. The second kappa shape index (κ2) is 12.1. The van der Waals surface area contributed by atoms with Crippen molar-refractivity contribution >= 4 is 28.9 Å². The van der Waals surface area contributed by atoms with Gasteiger partial charge in [0.1, 0.15) is 4.88 Å². The van der Waals surface area contributed by atoms with Crippen LogP contribution in [0.1, 0.15) is 93.6 Å². The van der Waals surface area contributed by atoms with Gasteiger partial charge < -0.3 is 19.5 Å². The molecule has 4 rings (SSSR count). The van der Waals surface area contributed by atoms with E-state index in [1.807, 2.05) is 31.7 Å². The third kappa shape index (κ3) is 7.46. The number of carboxylic acids is 1. The van der Waals surface area contributed by atoms with Crippen molar-refractivity contribution in [3.63, 3.8) is 0 Å². The lowest BCUT2D eigenvalue weighted by Crippen LogP contribution is -2.46. The monoisotopic (exact) mass is 527 g/mol. The molecule has 2 atom stereocenters. The van der Waals surface area contributed by atoms with Gasteiger partial charge in [-0.3, -0.25) is 4.79 Å². The second-order valence-corrected chi connectivity index (χ2v) is 12.9. The van der Waals surface area contributed by atoms with Crippen molar-refractivity contribution in [1.82, 2.24) is 0 Å². The van der Waals surface area contributed by atoms with Crippen LogP contribution in [0.2, 0.25) is 0 Å². The highest BCUT2D eigenvalue weighted by molar-refractivity contribution is 7.15. The first-order valence-electron chi connectivity index (χ1n) is 13.7. The fraction of sp³-hybridized carbons (Fsp3) is 0.667. The van der Waals surface area contributed by atoms with E-state index in [4.69, 9.17) is 9.47 Å². The largest absolute Gasteiger partial charge is 0.477 e. The Labute approximate surface area is 225 Å². The van der Waals surface area contributed by atoms with Crippen LogP contribution in [0.4, 0.5) is 5.69 Å². The predicted molar refractivity (Wildman–Crippen MR) is 147 cm³/mol. The summed E-state index contributed by atoms with van der Waals surface area (Å²) in [5.74, 6) is 5.78. The smallest absolute Gasteiger partial charge is 0.348 e. The van der Waals surface area contributed by atoms with E-state index in [-0.39, 0.29) is 34.3 Å². The molecule has 1 aromatic rings. The number of allylic oxidation sites excluding steroid dienone is 2. The first-order valence-corrected chi connectivity index (χ1v) is 14.5. The van der Waals surface area contributed by atoms with E-state index in [1.54, 1.807) is 0 Å². The second-order valence-electron chi connectivity index (χ2n) is 11.9. The van der Waals surface area contributed by atoms with Crippen molar-refractivity contribution in [1.29, 1.82) is 0 Å². The van der Waals surface area contributed by atoms with E-state index in [0.29, 0.717) is 23.1 Å². The first-order chi connectivity index (χ1) is 17.6. The van der Waals surface area contributed by atoms with Gasteiger partial charge in [0, 0.05) is 30.6 Å². The van der Waals surface area contributed by atoms with Crippen LogP contribution >= 0.6 is 11.3 Å². The summed E-state index contributed by atoms with van der Waals surface area (Å²) in [7, 11) is 0. The minimum absolute atomic E-state index is 0.0123. The van der Waals surface area contributed by atoms with Crippen LogP contribution in [0.25, 0.3) is 0 Å². The number of amides is 1. The average Bonchev–Trinajstić information content (AvgIpc) is 3.53. The molecule has 0 unspecified atom stereocenters. The molecule has 37 heavy (non-hydrogen) atoms. The van der Waals surface area contributed by atoms with Gasteiger partial charge in [-0.25, -0.2) is 4.79 Å². The standard InChI is InChI=1S/C30H41NO5S/c1-20-5-9-22(10-6-20)28(32)31(23-11-7-21(8-12-23)18-36-24-14-16-35-19-24)26-17-25(13-15-30(2,3)4)37-27(26)29(33)34/h5,17,21-24H,6-12,14,16,18-19H2,1-4H3,(H,33,34)/t21-,22-,23-,24-/m1/s1. The summed E-state index contributed by atoms with van der Waals surface area (Å²) in [4.78, 5) is 29.1. The van der Waals surface area contributed by atoms with Gasteiger partial charge in [-0.2, -0.15) is 0 Å². The third-order valence-corrected chi connectivity index (χ3v) is 8.62. The molecule has 3 aliphatic rings. The Hall–Kier alpha value is -2.14. The average molecular weight is 528 g/mol. The van der Waals surface area contributed by atoms with Gasteiger partial charge in [0.2, 0.25) is 5.91 Å². The zero-order valence-electron chi connectivity index (χ0n) is 22.7. The molecule has 1 amide bonds. The predicted octanol–water partition coefficient (Wildman–Crippen LogP) is 6.29. The van der Waals surface area contributed by atoms with Crippen LogP contribution in [-0.4, -0.2) is 48.9 Å². The number of anilines is 1. The van der Waals surface area contributed by atoms with Gasteiger partial charge in [-0.1, -0.05) is 23.5 Å². The van der Waals surface area contributed by atoms with E-state index in [9.17, 15) is 14.7 Å². The first kappa shape index (κ1) is 27.9. The Morgan fingerprint density at radius 3 is 2.54 bits per heavy atom. The molecule has 6 nitrogen and oxygen atoms in total. The van der Waals surface area contributed by atoms with Crippen molar-refractivity contribution in [2.75, 3.05) is 24.7 Å². The molecular weight excluding hydrogens is 486 g/mol. The van der Waals surface area contributed by atoms with Gasteiger partial charge in [-0.05, 0) is 91.0 Å². The molecule has 1 aliphatic heterocycles. The number of nitrogens with zero attached hydrogens (tertiary/aromatic N) is 1. The van der Waals surface area contributed by atoms with E-state index in [0.717, 1.165) is 64.6 Å². The maximum Gasteiger partial charge on any atom is 0.348 e. The molecule has 2 fully saturated rings. The maximum absolute atomic E-state index is 14.0. The number of carbonyl (C=O) groups excluding carboxylic acids is 1. The molecule has 0 bridgehead atoms. The Morgan fingerprint density at radius 1 is 1.19 bits per heavy atom. The molecule has 1 aromatic heterocycles. The van der Waals surface area contributed by atoms with Gasteiger partial charge >= 0.3 is 5.97 Å². The van der Waals surface area contributed by atoms with Crippen LogP contribution in [0.3, 0.4) is 0 Å². The molecule has 1 saturated heterocycles. The maximum atomic E-state index is 14.0. The van der Waals surface area contributed by atoms with Gasteiger partial charge in [0.15, 0.2) is 0 Å². The SMILES string of the molecule is CC1=CC[C@@H](C(=O)N(c2cc(C#CC(C)(C)C)sc2C(=O)O)[C@H]2CC[C@H](CO[C@@H]3CCOC3)CC2)CC1. The number of thiophene rings is 1. The van der Waals surface area contributed by atoms with Gasteiger partial charge in [0.25, 0.3) is 0 Å². The van der Waals surface area contributed by atoms with Crippen molar-refractivity contribution in [3.05, 3.63) is 27.5 Å². The molecule has 0 aromatic carbocycles. The van der Waals surface area contributed by atoms with Crippen LogP contribution in [0.5, 0.6) is 0 Å². The summed E-state index contributed by atoms with van der Waals surface area (Å²) < 4.78 is 11.5. The zero-order valence-corrected chi connectivity index (χ0v) is 23.5. The van der Waals surface area contributed by atoms with Crippen molar-refractivity contribution < 1.29 is 24.2 Å². The zero-order chi connectivity index (χ0) is 26.6. The van der Waals surface area contributed by atoms with E-state index >= 15 is 0 Å². The van der Waals surface area contributed by atoms with E-state index < -0.39 is 5.97 Å². The van der Waals surface area contributed by atoms with Crippen LogP contribution in [0.15, 0.2) is 17.7 Å². The van der Waals surface area contributed by atoms with Crippen LogP contribution in [-0.2, 0) is 14.3 Å². The van der Waals surface area contributed by atoms with Crippen molar-refractivity contribution in [3.8, 4) is 11.8 Å². The third-order valence-electron chi connectivity index (χ3n) is 7.59. The normalized spacial score (nSPS) is 26.2. The van der Waals surface area contributed by atoms with Gasteiger partial charge in [-0.15, -0.1) is 11.3 Å². The molecule has 2 aliphatic carbocycles. The molecule has 1 saturated carbocycles. The quantitative estimate of drug-likeness (QED) is 0.333. The van der Waals surface area contributed by atoms with Crippen LogP contribution in [0, 0.1) is 29.1 Å². The van der Waals surface area contributed by atoms with Crippen molar-refractivity contribution in [2.24, 2.45) is 17.3 Å². The highest BCUT2D eigenvalue weighted by Crippen LogP contribution is 2.39. The molecule has 7 heteroatoms. The number of carboxylic acid groups (broad SMARTS) is 1. The molecule has 1 N–H and O–H groups in total. The summed E-state index contributed by atoms with van der Waals surface area (Å²) in [6, 6.07) is 1.82. The highest BCUT2D eigenvalue weighted by atomic mass is 32.1. The topological polar surface area (TPSA) is 76.1 Å². The lowest BCUT2D eigenvalue weighted by molar-refractivity contribution is -0.123. The lowest BCUT2D eigenvalue weighted by atomic mass is 9.83. The van der Waals surface area contributed by atoms with Crippen LogP contribution < -0.4 is 4.90 Å². The summed E-state index contributed by atoms with van der Waals surface area (Å²) in [5, 5.41) is 10.1. The van der Waals surface area contributed by atoms with Gasteiger partial charge in [0.05, 0.1) is 23.3 Å². The van der Waals surface area contributed by atoms with Crippen molar-refractivity contribution in [2.45, 2.75) is 91.2 Å². The highest BCUT2D eigenvalue weighted by Gasteiger charge is 2.37. The Balaban J connectivity index is 1.57. The lowest BCUT2D eigenvalue weighted by Gasteiger charge is -2.39. The van der Waals surface area contributed by atoms with E-state index in [1.165, 1.54) is 16.9 Å². The number of hydrogen-bond acceptors (Lipinski definition) is 5. The number of carbonyl (C=O) groups is 2. The Morgan fingerprint density at radius 2 is 1.95 bits per heavy atom. The van der Waals surface area contributed by atoms with E-state index in [2.05, 4.69) is 24.8 Å². The summed E-state index contributed by atoms with van der Waals surface area (Å²) in [5.41, 5.74) is 1.65. The minimum Gasteiger partial charge on any atom is -0.477 e. The number of hydrogen-bond donors (Lipinski definition) is 1. The molecule has 2 heterocycles. The number of rotatable bonds is 7. The molecular formula is C30H41NO5S. The molecule has 202 valence electrons. The molecule has 0 spiro atoms. The Kier molecular flexibility index (Phi) is 9.15. The Bertz CT molecular complexity index is 1060. The summed E-state index contributed by atoms with van der Waals surface area (Å²) >= 11 is 1.18.